The van der Waals surface area contributed by atoms with Crippen LogP contribution >= 0.6 is 22.7 Å². The van der Waals surface area contributed by atoms with Crippen LogP contribution < -0.4 is 0 Å². The van der Waals surface area contributed by atoms with E-state index >= 15 is 0 Å². The van der Waals surface area contributed by atoms with Crippen LogP contribution in [0, 0.1) is 13.8 Å². The molecule has 102 valence electrons. The maximum atomic E-state index is 2.36. The molecule has 0 amide bonds. The van der Waals surface area contributed by atoms with Crippen molar-refractivity contribution in [1.82, 2.24) is 0 Å². The van der Waals surface area contributed by atoms with Gasteiger partial charge in [-0.2, -0.15) is 0 Å². The van der Waals surface area contributed by atoms with Crippen molar-refractivity contribution in [3.8, 4) is 0 Å². The summed E-state index contributed by atoms with van der Waals surface area (Å²) in [6.07, 6.45) is 2.12. The van der Waals surface area contributed by atoms with E-state index in [1.807, 2.05) is 22.7 Å². The van der Waals surface area contributed by atoms with Gasteiger partial charge in [-0.15, -0.1) is 22.7 Å². The van der Waals surface area contributed by atoms with Crippen molar-refractivity contribution in [3.63, 3.8) is 0 Å². The number of aryl methyl sites for hydroxylation is 2. The quantitative estimate of drug-likeness (QED) is 0.587. The molecular formula is C18H18S2. The van der Waals surface area contributed by atoms with E-state index in [9.17, 15) is 0 Å². The molecule has 2 aromatic heterocycles. The Balaban J connectivity index is 1.68. The first kappa shape index (κ1) is 13.6. The predicted molar refractivity (Wildman–Crippen MR) is 90.2 cm³/mol. The lowest BCUT2D eigenvalue weighted by atomic mass is 10.1. The third kappa shape index (κ3) is 3.38. The van der Waals surface area contributed by atoms with Crippen LogP contribution in [-0.2, 0) is 12.8 Å². The fourth-order valence-corrected chi connectivity index (χ4v) is 4.15. The van der Waals surface area contributed by atoms with Gasteiger partial charge in [-0.3, -0.25) is 0 Å². The number of hydrogen-bond donors (Lipinski definition) is 0. The summed E-state index contributed by atoms with van der Waals surface area (Å²) in [7, 11) is 0. The van der Waals surface area contributed by atoms with Crippen LogP contribution in [0.5, 0.6) is 0 Å². The lowest BCUT2D eigenvalue weighted by Crippen LogP contribution is -1.85. The molecule has 3 rings (SSSR count). The fraction of sp³-hybridized carbons (Fsp3) is 0.222. The predicted octanol–water partition coefficient (Wildman–Crippen LogP) is 5.61. The average molecular weight is 298 g/mol. The molecule has 0 radical (unpaired) electrons. The first-order chi connectivity index (χ1) is 9.69. The summed E-state index contributed by atoms with van der Waals surface area (Å²) >= 11 is 3.78. The van der Waals surface area contributed by atoms with Crippen LogP contribution in [-0.4, -0.2) is 0 Å². The summed E-state index contributed by atoms with van der Waals surface area (Å²) in [5.74, 6) is 0. The maximum Gasteiger partial charge on any atom is 0.00921 e. The van der Waals surface area contributed by atoms with E-state index in [0.717, 1.165) is 12.8 Å². The van der Waals surface area contributed by atoms with E-state index in [-0.39, 0.29) is 0 Å². The lowest BCUT2D eigenvalue weighted by molar-refractivity contribution is 1.20. The topological polar surface area (TPSA) is 0 Å². The SMILES string of the molecule is Cc1ccc(Cc2cc(Cc3ccc(C)s3)cs2)cc1. The van der Waals surface area contributed by atoms with Crippen molar-refractivity contribution >= 4 is 22.7 Å². The number of hydrogen-bond acceptors (Lipinski definition) is 2. The minimum atomic E-state index is 1.05. The van der Waals surface area contributed by atoms with Gasteiger partial charge in [-0.05, 0) is 48.6 Å². The van der Waals surface area contributed by atoms with Crippen molar-refractivity contribution in [2.45, 2.75) is 26.7 Å². The van der Waals surface area contributed by atoms with Gasteiger partial charge in [0.2, 0.25) is 0 Å². The highest BCUT2D eigenvalue weighted by Gasteiger charge is 2.04. The van der Waals surface area contributed by atoms with Crippen molar-refractivity contribution in [2.24, 2.45) is 0 Å². The molecule has 2 heterocycles. The second kappa shape index (κ2) is 5.94. The van der Waals surface area contributed by atoms with E-state index in [0.29, 0.717) is 0 Å². The Morgan fingerprint density at radius 3 is 2.25 bits per heavy atom. The highest BCUT2D eigenvalue weighted by Crippen LogP contribution is 2.24. The first-order valence-electron chi connectivity index (χ1n) is 6.86. The third-order valence-corrected chi connectivity index (χ3v) is 5.37. The van der Waals surface area contributed by atoms with Crippen LogP contribution in [0.15, 0.2) is 47.8 Å². The molecule has 1 aromatic carbocycles. The smallest absolute Gasteiger partial charge is 0.00921 e. The molecule has 2 heteroatoms. The molecule has 0 aliphatic carbocycles. The molecule has 0 saturated heterocycles. The van der Waals surface area contributed by atoms with Crippen LogP contribution in [0.3, 0.4) is 0 Å². The van der Waals surface area contributed by atoms with Crippen molar-refractivity contribution in [2.75, 3.05) is 0 Å². The molecular weight excluding hydrogens is 280 g/mol. The zero-order chi connectivity index (χ0) is 13.9. The van der Waals surface area contributed by atoms with Gasteiger partial charge in [-0.25, -0.2) is 0 Å². The second-order valence-electron chi connectivity index (χ2n) is 5.27. The maximum absolute atomic E-state index is 2.36. The average Bonchev–Trinajstić information content (AvgIpc) is 3.02. The van der Waals surface area contributed by atoms with E-state index in [1.165, 1.54) is 31.3 Å². The minimum absolute atomic E-state index is 1.05. The normalized spacial score (nSPS) is 10.9. The Bertz CT molecular complexity index is 686. The highest BCUT2D eigenvalue weighted by molar-refractivity contribution is 7.12. The number of thiophene rings is 2. The molecule has 0 unspecified atom stereocenters. The lowest BCUT2D eigenvalue weighted by Gasteiger charge is -1.99. The van der Waals surface area contributed by atoms with Gasteiger partial charge >= 0.3 is 0 Å². The summed E-state index contributed by atoms with van der Waals surface area (Å²) in [6.45, 7) is 4.31. The monoisotopic (exact) mass is 298 g/mol. The summed E-state index contributed by atoms with van der Waals surface area (Å²) in [5, 5.41) is 2.30. The van der Waals surface area contributed by atoms with E-state index in [1.54, 1.807) is 0 Å². The van der Waals surface area contributed by atoms with Gasteiger partial charge in [0, 0.05) is 27.5 Å². The molecule has 0 atom stereocenters. The molecule has 0 bridgehead atoms. The van der Waals surface area contributed by atoms with Crippen molar-refractivity contribution in [3.05, 3.63) is 79.2 Å². The Morgan fingerprint density at radius 1 is 0.800 bits per heavy atom. The van der Waals surface area contributed by atoms with Crippen molar-refractivity contribution < 1.29 is 0 Å². The summed E-state index contributed by atoms with van der Waals surface area (Å²) in [4.78, 5) is 4.31. The van der Waals surface area contributed by atoms with Gasteiger partial charge < -0.3 is 0 Å². The Morgan fingerprint density at radius 2 is 1.55 bits per heavy atom. The minimum Gasteiger partial charge on any atom is -0.148 e. The summed E-state index contributed by atoms with van der Waals surface area (Å²) in [5.41, 5.74) is 4.17. The van der Waals surface area contributed by atoms with Gasteiger partial charge in [0.05, 0.1) is 0 Å². The van der Waals surface area contributed by atoms with Crippen LogP contribution in [0.2, 0.25) is 0 Å². The second-order valence-corrected chi connectivity index (χ2v) is 7.64. The van der Waals surface area contributed by atoms with E-state index in [2.05, 4.69) is 61.7 Å². The Labute approximate surface area is 128 Å². The molecule has 0 nitrogen and oxygen atoms in total. The molecule has 0 saturated carbocycles. The van der Waals surface area contributed by atoms with Gasteiger partial charge in [0.1, 0.15) is 0 Å². The standard InChI is InChI=1S/C18H18S2/c1-13-3-6-15(7-4-13)9-18-11-16(12-19-18)10-17-8-5-14(2)20-17/h3-8,11-12H,9-10H2,1-2H3. The zero-order valence-electron chi connectivity index (χ0n) is 11.8. The van der Waals surface area contributed by atoms with Gasteiger partial charge in [0.25, 0.3) is 0 Å². The zero-order valence-corrected chi connectivity index (χ0v) is 13.5. The Kier molecular flexibility index (Phi) is 4.04. The number of benzene rings is 1. The highest BCUT2D eigenvalue weighted by atomic mass is 32.1. The molecule has 0 aliphatic heterocycles. The van der Waals surface area contributed by atoms with Gasteiger partial charge in [-0.1, -0.05) is 29.8 Å². The summed E-state index contributed by atoms with van der Waals surface area (Å²) in [6, 6.07) is 15.7. The molecule has 0 spiro atoms. The molecule has 0 fully saturated rings. The molecule has 20 heavy (non-hydrogen) atoms. The molecule has 0 aliphatic rings. The van der Waals surface area contributed by atoms with Crippen LogP contribution in [0.4, 0.5) is 0 Å². The molecule has 3 aromatic rings. The largest absolute Gasteiger partial charge is 0.148 e. The van der Waals surface area contributed by atoms with E-state index in [4.69, 9.17) is 0 Å². The van der Waals surface area contributed by atoms with E-state index < -0.39 is 0 Å². The van der Waals surface area contributed by atoms with Gasteiger partial charge in [0.15, 0.2) is 0 Å². The first-order valence-corrected chi connectivity index (χ1v) is 8.56. The third-order valence-electron chi connectivity index (χ3n) is 3.38. The number of rotatable bonds is 4. The van der Waals surface area contributed by atoms with Crippen molar-refractivity contribution in [1.29, 1.82) is 0 Å². The Hall–Kier alpha value is -1.38. The van der Waals surface area contributed by atoms with Crippen LogP contribution in [0.1, 0.15) is 31.3 Å². The van der Waals surface area contributed by atoms with Crippen LogP contribution in [0.25, 0.3) is 0 Å². The molecule has 0 N–H and O–H groups in total. The fourth-order valence-electron chi connectivity index (χ4n) is 2.30. The summed E-state index contributed by atoms with van der Waals surface area (Å²) < 4.78 is 0.